The highest BCUT2D eigenvalue weighted by atomic mass is 32.2. The predicted octanol–water partition coefficient (Wildman–Crippen LogP) is 4.43. The highest BCUT2D eigenvalue weighted by Crippen LogP contribution is 2.29. The monoisotopic (exact) mass is 372 g/mol. The molecule has 0 amide bonds. The van der Waals surface area contributed by atoms with E-state index in [0.717, 1.165) is 11.0 Å². The van der Waals surface area contributed by atoms with Crippen LogP contribution >= 0.6 is 11.8 Å². The Labute approximate surface area is 150 Å². The van der Waals surface area contributed by atoms with Crippen LogP contribution in [0.3, 0.4) is 0 Å². The van der Waals surface area contributed by atoms with Gasteiger partial charge in [-0.2, -0.15) is 8.78 Å². The molecule has 4 rings (SSSR count). The number of aromatic nitrogens is 4. The average Bonchev–Trinajstić information content (AvgIpc) is 3.10. The van der Waals surface area contributed by atoms with Gasteiger partial charge in [0.25, 0.3) is 5.22 Å². The summed E-state index contributed by atoms with van der Waals surface area (Å²) in [6.45, 7) is -2.87. The minimum atomic E-state index is -2.87. The van der Waals surface area contributed by atoms with E-state index in [-0.39, 0.29) is 11.6 Å². The zero-order valence-electron chi connectivity index (χ0n) is 13.0. The number of alkyl halides is 2. The Kier molecular flexibility index (Phi) is 4.44. The fraction of sp³-hybridized carbons (Fsp3) is 0.0588. The van der Waals surface area contributed by atoms with Gasteiger partial charge < -0.3 is 9.15 Å². The van der Waals surface area contributed by atoms with Gasteiger partial charge in [-0.25, -0.2) is 4.98 Å². The van der Waals surface area contributed by atoms with Crippen LogP contribution in [0.4, 0.5) is 8.78 Å². The summed E-state index contributed by atoms with van der Waals surface area (Å²) < 4.78 is 34.2. The number of hydrogen-bond donors (Lipinski definition) is 0. The SMILES string of the molecule is FC(F)Oc1ccc(-c2nnc(Sc3cnc4ccccc4n3)o2)cc1. The molecule has 2 aromatic carbocycles. The van der Waals surface area contributed by atoms with Crippen molar-refractivity contribution in [2.75, 3.05) is 0 Å². The normalized spacial score (nSPS) is 11.2. The molecule has 0 saturated heterocycles. The third-order valence-electron chi connectivity index (χ3n) is 3.35. The standard InChI is InChI=1S/C17H10F2N4O2S/c18-16(19)24-11-7-5-10(6-8-11)15-22-23-17(25-15)26-14-9-20-12-3-1-2-4-13(12)21-14/h1-9,16H. The van der Waals surface area contributed by atoms with E-state index in [0.29, 0.717) is 15.8 Å². The van der Waals surface area contributed by atoms with Crippen molar-refractivity contribution in [3.05, 3.63) is 54.7 Å². The molecule has 0 atom stereocenters. The van der Waals surface area contributed by atoms with Crippen molar-refractivity contribution in [3.8, 4) is 17.2 Å². The van der Waals surface area contributed by atoms with Crippen LogP contribution < -0.4 is 4.74 Å². The molecule has 0 spiro atoms. The lowest BCUT2D eigenvalue weighted by molar-refractivity contribution is -0.0498. The van der Waals surface area contributed by atoms with E-state index in [1.165, 1.54) is 23.9 Å². The molecular formula is C17H10F2N4O2S. The second-order valence-corrected chi connectivity index (χ2v) is 6.05. The van der Waals surface area contributed by atoms with Crippen LogP contribution in [-0.4, -0.2) is 26.8 Å². The Morgan fingerprint density at radius 1 is 0.962 bits per heavy atom. The van der Waals surface area contributed by atoms with Crippen molar-refractivity contribution >= 4 is 22.8 Å². The van der Waals surface area contributed by atoms with Gasteiger partial charge in [0.15, 0.2) is 0 Å². The van der Waals surface area contributed by atoms with Gasteiger partial charge in [-0.05, 0) is 48.2 Å². The van der Waals surface area contributed by atoms with Crippen molar-refractivity contribution < 1.29 is 17.9 Å². The van der Waals surface area contributed by atoms with E-state index in [9.17, 15) is 8.78 Å². The van der Waals surface area contributed by atoms with E-state index in [2.05, 4.69) is 24.9 Å². The molecule has 9 heteroatoms. The van der Waals surface area contributed by atoms with Gasteiger partial charge in [-0.3, -0.25) is 4.98 Å². The van der Waals surface area contributed by atoms with Crippen molar-refractivity contribution in [1.82, 2.24) is 20.2 Å². The van der Waals surface area contributed by atoms with E-state index in [4.69, 9.17) is 4.42 Å². The highest BCUT2D eigenvalue weighted by molar-refractivity contribution is 7.99. The molecule has 0 unspecified atom stereocenters. The van der Waals surface area contributed by atoms with Crippen LogP contribution in [-0.2, 0) is 0 Å². The summed E-state index contributed by atoms with van der Waals surface area (Å²) in [6, 6.07) is 13.5. The van der Waals surface area contributed by atoms with E-state index in [1.54, 1.807) is 18.3 Å². The summed E-state index contributed by atoms with van der Waals surface area (Å²) in [5.41, 5.74) is 2.16. The number of ether oxygens (including phenoxy) is 1. The molecule has 0 aliphatic rings. The fourth-order valence-corrected chi connectivity index (χ4v) is 2.86. The van der Waals surface area contributed by atoms with Gasteiger partial charge in [0.05, 0.1) is 17.2 Å². The number of nitrogens with zero attached hydrogens (tertiary/aromatic N) is 4. The zero-order chi connectivity index (χ0) is 17.9. The Hall–Kier alpha value is -3.07. The first kappa shape index (κ1) is 16.4. The summed E-state index contributed by atoms with van der Waals surface area (Å²) >= 11 is 1.19. The Morgan fingerprint density at radius 2 is 1.73 bits per heavy atom. The number of halogens is 2. The van der Waals surface area contributed by atoms with Crippen molar-refractivity contribution in [2.24, 2.45) is 0 Å². The molecule has 2 heterocycles. The van der Waals surface area contributed by atoms with Crippen LogP contribution in [0.1, 0.15) is 0 Å². The summed E-state index contributed by atoms with van der Waals surface area (Å²) in [7, 11) is 0. The Morgan fingerprint density at radius 3 is 2.50 bits per heavy atom. The minimum Gasteiger partial charge on any atom is -0.435 e. The number of fused-ring (bicyclic) bond motifs is 1. The van der Waals surface area contributed by atoms with Gasteiger partial charge in [-0.15, -0.1) is 10.2 Å². The second kappa shape index (κ2) is 7.04. The number of hydrogen-bond acceptors (Lipinski definition) is 7. The fourth-order valence-electron chi connectivity index (χ4n) is 2.23. The van der Waals surface area contributed by atoms with Gasteiger partial charge in [0, 0.05) is 5.56 Å². The average molecular weight is 372 g/mol. The third kappa shape index (κ3) is 3.62. The first-order chi connectivity index (χ1) is 12.7. The molecule has 26 heavy (non-hydrogen) atoms. The highest BCUT2D eigenvalue weighted by Gasteiger charge is 2.12. The van der Waals surface area contributed by atoms with Gasteiger partial charge in [0.1, 0.15) is 10.8 Å². The zero-order valence-corrected chi connectivity index (χ0v) is 13.9. The first-order valence-corrected chi connectivity index (χ1v) is 8.27. The molecule has 0 bridgehead atoms. The lowest BCUT2D eigenvalue weighted by atomic mass is 10.2. The van der Waals surface area contributed by atoms with E-state index in [1.807, 2.05) is 24.3 Å². The predicted molar refractivity (Wildman–Crippen MR) is 90.0 cm³/mol. The summed E-state index contributed by atoms with van der Waals surface area (Å²) in [6.07, 6.45) is 1.63. The lowest BCUT2D eigenvalue weighted by Gasteiger charge is -2.03. The summed E-state index contributed by atoms with van der Waals surface area (Å²) in [5, 5.41) is 8.85. The van der Waals surface area contributed by atoms with Crippen molar-refractivity contribution in [2.45, 2.75) is 16.9 Å². The number of benzene rings is 2. The van der Waals surface area contributed by atoms with Crippen LogP contribution in [0, 0.1) is 0 Å². The molecule has 0 fully saturated rings. The maximum atomic E-state index is 12.2. The van der Waals surface area contributed by atoms with E-state index < -0.39 is 6.61 Å². The minimum absolute atomic E-state index is 0.0595. The quantitative estimate of drug-likeness (QED) is 0.513. The molecule has 0 aliphatic heterocycles. The molecule has 6 nitrogen and oxygen atoms in total. The molecule has 0 saturated carbocycles. The topological polar surface area (TPSA) is 73.9 Å². The first-order valence-electron chi connectivity index (χ1n) is 7.46. The number of rotatable bonds is 5. The molecule has 4 aromatic rings. The smallest absolute Gasteiger partial charge is 0.387 e. The molecule has 2 aromatic heterocycles. The molecule has 0 radical (unpaired) electrons. The molecule has 0 N–H and O–H groups in total. The van der Waals surface area contributed by atoms with Crippen LogP contribution in [0.25, 0.3) is 22.5 Å². The molecular weight excluding hydrogens is 362 g/mol. The number of para-hydroxylation sites is 2. The summed E-state index contributed by atoms with van der Waals surface area (Å²) in [4.78, 5) is 8.80. The van der Waals surface area contributed by atoms with Crippen molar-refractivity contribution in [3.63, 3.8) is 0 Å². The molecule has 0 aliphatic carbocycles. The third-order valence-corrected chi connectivity index (χ3v) is 4.10. The van der Waals surface area contributed by atoms with Crippen LogP contribution in [0.5, 0.6) is 5.75 Å². The van der Waals surface area contributed by atoms with Gasteiger partial charge in [-0.1, -0.05) is 12.1 Å². The van der Waals surface area contributed by atoms with E-state index >= 15 is 0 Å². The van der Waals surface area contributed by atoms with Crippen LogP contribution in [0.2, 0.25) is 0 Å². The largest absolute Gasteiger partial charge is 0.435 e. The Balaban J connectivity index is 1.51. The second-order valence-electron chi connectivity index (χ2n) is 5.08. The lowest BCUT2D eigenvalue weighted by Crippen LogP contribution is -2.01. The Bertz CT molecular complexity index is 1040. The molecule has 130 valence electrons. The van der Waals surface area contributed by atoms with Crippen molar-refractivity contribution in [1.29, 1.82) is 0 Å². The van der Waals surface area contributed by atoms with Crippen LogP contribution in [0.15, 0.2) is 69.4 Å². The maximum Gasteiger partial charge on any atom is 0.387 e. The summed E-state index contributed by atoms with van der Waals surface area (Å²) in [5.74, 6) is 0.328. The van der Waals surface area contributed by atoms with Gasteiger partial charge in [0.2, 0.25) is 5.89 Å². The van der Waals surface area contributed by atoms with Gasteiger partial charge >= 0.3 is 6.61 Å². The maximum absolute atomic E-state index is 12.2.